The summed E-state index contributed by atoms with van der Waals surface area (Å²) in [6.45, 7) is 2.98. The van der Waals surface area contributed by atoms with Crippen LogP contribution in [0.15, 0.2) is 59.8 Å². The third-order valence-corrected chi connectivity index (χ3v) is 4.38. The molecule has 0 unspecified atom stereocenters. The Hall–Kier alpha value is -3.35. The number of hydrogen-bond donors (Lipinski definition) is 2. The van der Waals surface area contributed by atoms with Gasteiger partial charge in [0.25, 0.3) is 5.91 Å². The molecular weight excluding hydrogens is 356 g/mol. The van der Waals surface area contributed by atoms with E-state index in [1.54, 1.807) is 4.90 Å². The molecule has 1 heterocycles. The third-order valence-electron chi connectivity index (χ3n) is 4.38. The number of aryl methyl sites for hydroxylation is 1. The van der Waals surface area contributed by atoms with E-state index in [9.17, 15) is 9.59 Å². The fraction of sp³-hybridized carbons (Fsp3) is 0.286. The predicted molar refractivity (Wildman–Crippen MR) is 109 cm³/mol. The van der Waals surface area contributed by atoms with Gasteiger partial charge in [-0.3, -0.25) is 4.79 Å². The van der Waals surface area contributed by atoms with E-state index in [4.69, 9.17) is 4.84 Å². The van der Waals surface area contributed by atoms with Gasteiger partial charge >= 0.3 is 6.03 Å². The van der Waals surface area contributed by atoms with Crippen LogP contribution in [-0.2, 0) is 9.63 Å². The summed E-state index contributed by atoms with van der Waals surface area (Å²) in [6.07, 6.45) is 1.25. The zero-order valence-electron chi connectivity index (χ0n) is 15.9. The molecule has 146 valence electrons. The number of likely N-dealkylation sites (tertiary alicyclic amines) is 1. The van der Waals surface area contributed by atoms with Gasteiger partial charge in [0.2, 0.25) is 0 Å². The van der Waals surface area contributed by atoms with Gasteiger partial charge in [-0.05, 0) is 31.2 Å². The van der Waals surface area contributed by atoms with E-state index in [0.29, 0.717) is 25.9 Å². The lowest BCUT2D eigenvalue weighted by atomic mass is 10.1. The molecule has 0 saturated carbocycles. The fourth-order valence-electron chi connectivity index (χ4n) is 2.80. The average molecular weight is 380 g/mol. The van der Waals surface area contributed by atoms with Crippen molar-refractivity contribution in [1.82, 2.24) is 4.90 Å². The summed E-state index contributed by atoms with van der Waals surface area (Å²) in [5, 5.41) is 9.69. The standard InChI is InChI=1S/C21H24N4O3/c1-16-7-9-18(10-8-16)22-20(26)15-28-24-19-11-13-25(14-12-19)21(27)23-17-5-3-2-4-6-17/h2-10H,11-15H2,1H3,(H,22,26)(H,23,27). The SMILES string of the molecule is Cc1ccc(NC(=O)CON=C2CCN(C(=O)Nc3ccccc3)CC2)cc1. The van der Waals surface area contributed by atoms with Gasteiger partial charge in [-0.25, -0.2) is 4.79 Å². The van der Waals surface area contributed by atoms with Crippen LogP contribution in [0.5, 0.6) is 0 Å². The monoisotopic (exact) mass is 380 g/mol. The van der Waals surface area contributed by atoms with Gasteiger partial charge in [0.05, 0.1) is 5.71 Å². The lowest BCUT2D eigenvalue weighted by Crippen LogP contribution is -2.41. The molecule has 0 radical (unpaired) electrons. The van der Waals surface area contributed by atoms with Crippen molar-refractivity contribution in [2.45, 2.75) is 19.8 Å². The number of anilines is 2. The predicted octanol–water partition coefficient (Wildman–Crippen LogP) is 3.63. The molecule has 0 aliphatic carbocycles. The summed E-state index contributed by atoms with van der Waals surface area (Å²) in [5.74, 6) is -0.257. The van der Waals surface area contributed by atoms with Crippen LogP contribution in [0.3, 0.4) is 0 Å². The number of nitrogens with zero attached hydrogens (tertiary/aromatic N) is 2. The summed E-state index contributed by atoms with van der Waals surface area (Å²) in [4.78, 5) is 31.1. The molecule has 0 bridgehead atoms. The number of carbonyl (C=O) groups excluding carboxylic acids is 2. The first-order valence-corrected chi connectivity index (χ1v) is 9.25. The Kier molecular flexibility index (Phi) is 6.62. The van der Waals surface area contributed by atoms with Crippen molar-refractivity contribution in [3.8, 4) is 0 Å². The van der Waals surface area contributed by atoms with Crippen molar-refractivity contribution in [3.63, 3.8) is 0 Å². The Morgan fingerprint density at radius 3 is 2.29 bits per heavy atom. The molecule has 3 amide bonds. The number of amides is 3. The van der Waals surface area contributed by atoms with Crippen LogP contribution in [0.1, 0.15) is 18.4 Å². The Morgan fingerprint density at radius 1 is 0.964 bits per heavy atom. The van der Waals surface area contributed by atoms with Crippen LogP contribution in [0.2, 0.25) is 0 Å². The number of oxime groups is 1. The van der Waals surface area contributed by atoms with Crippen molar-refractivity contribution in [2.75, 3.05) is 30.3 Å². The molecule has 1 aliphatic heterocycles. The minimum absolute atomic E-state index is 0.122. The maximum Gasteiger partial charge on any atom is 0.321 e. The Balaban J connectivity index is 1.38. The summed E-state index contributed by atoms with van der Waals surface area (Å²) >= 11 is 0. The van der Waals surface area contributed by atoms with E-state index in [1.807, 2.05) is 61.5 Å². The van der Waals surface area contributed by atoms with Gasteiger partial charge < -0.3 is 20.4 Å². The second-order valence-corrected chi connectivity index (χ2v) is 6.63. The normalized spacial score (nSPS) is 13.6. The highest BCUT2D eigenvalue weighted by atomic mass is 16.6. The molecule has 1 fully saturated rings. The first-order valence-electron chi connectivity index (χ1n) is 9.25. The highest BCUT2D eigenvalue weighted by Crippen LogP contribution is 2.12. The number of piperidine rings is 1. The van der Waals surface area contributed by atoms with Gasteiger partial charge in [-0.1, -0.05) is 41.1 Å². The Bertz CT molecular complexity index is 824. The second-order valence-electron chi connectivity index (χ2n) is 6.63. The summed E-state index contributed by atoms with van der Waals surface area (Å²) in [7, 11) is 0. The van der Waals surface area contributed by atoms with Crippen molar-refractivity contribution >= 4 is 29.0 Å². The topological polar surface area (TPSA) is 83.0 Å². The Morgan fingerprint density at radius 2 is 1.61 bits per heavy atom. The van der Waals surface area contributed by atoms with Crippen LogP contribution in [0.25, 0.3) is 0 Å². The van der Waals surface area contributed by atoms with E-state index in [0.717, 1.165) is 22.6 Å². The maximum absolute atomic E-state index is 12.3. The molecule has 7 heteroatoms. The zero-order valence-corrected chi connectivity index (χ0v) is 15.9. The Labute approximate surface area is 164 Å². The summed E-state index contributed by atoms with van der Waals surface area (Å²) < 4.78 is 0. The van der Waals surface area contributed by atoms with Gasteiger partial charge in [-0.2, -0.15) is 0 Å². The molecule has 0 atom stereocenters. The molecule has 28 heavy (non-hydrogen) atoms. The molecule has 1 saturated heterocycles. The smallest absolute Gasteiger partial charge is 0.321 e. The van der Waals surface area contributed by atoms with Gasteiger partial charge in [-0.15, -0.1) is 0 Å². The average Bonchev–Trinajstić information content (AvgIpc) is 2.71. The number of para-hydroxylation sites is 1. The molecule has 7 nitrogen and oxygen atoms in total. The van der Waals surface area contributed by atoms with E-state index >= 15 is 0 Å². The molecular formula is C21H24N4O3. The van der Waals surface area contributed by atoms with Crippen LogP contribution in [0.4, 0.5) is 16.2 Å². The molecule has 0 aromatic heterocycles. The maximum atomic E-state index is 12.3. The largest absolute Gasteiger partial charge is 0.386 e. The molecule has 2 N–H and O–H groups in total. The number of rotatable bonds is 5. The van der Waals surface area contributed by atoms with Crippen LogP contribution in [-0.4, -0.2) is 42.2 Å². The van der Waals surface area contributed by atoms with Crippen molar-refractivity contribution in [2.24, 2.45) is 5.16 Å². The lowest BCUT2D eigenvalue weighted by Gasteiger charge is -2.27. The van der Waals surface area contributed by atoms with Crippen LogP contribution >= 0.6 is 0 Å². The molecule has 0 spiro atoms. The van der Waals surface area contributed by atoms with E-state index in [-0.39, 0.29) is 18.5 Å². The second kappa shape index (κ2) is 9.55. The van der Waals surface area contributed by atoms with Gasteiger partial charge in [0.1, 0.15) is 0 Å². The quantitative estimate of drug-likeness (QED) is 0.777. The number of benzene rings is 2. The van der Waals surface area contributed by atoms with E-state index < -0.39 is 0 Å². The van der Waals surface area contributed by atoms with E-state index in [1.165, 1.54) is 0 Å². The van der Waals surface area contributed by atoms with Crippen molar-refractivity contribution in [1.29, 1.82) is 0 Å². The highest BCUT2D eigenvalue weighted by Gasteiger charge is 2.20. The van der Waals surface area contributed by atoms with Crippen molar-refractivity contribution < 1.29 is 14.4 Å². The summed E-state index contributed by atoms with van der Waals surface area (Å²) in [6, 6.07) is 16.8. The third kappa shape index (κ3) is 5.84. The lowest BCUT2D eigenvalue weighted by molar-refractivity contribution is -0.120. The highest BCUT2D eigenvalue weighted by molar-refractivity contribution is 5.93. The molecule has 2 aromatic carbocycles. The number of hydrogen-bond acceptors (Lipinski definition) is 4. The first-order chi connectivity index (χ1) is 13.6. The van der Waals surface area contributed by atoms with Gasteiger partial charge in [0.15, 0.2) is 6.61 Å². The zero-order chi connectivity index (χ0) is 19.8. The fourth-order valence-corrected chi connectivity index (χ4v) is 2.80. The van der Waals surface area contributed by atoms with Gasteiger partial charge in [0, 0.05) is 37.3 Å². The minimum atomic E-state index is -0.257. The first kappa shape index (κ1) is 19.4. The molecule has 1 aliphatic rings. The molecule has 3 rings (SSSR count). The summed E-state index contributed by atoms with van der Waals surface area (Å²) in [5.41, 5.74) is 3.48. The molecule has 2 aromatic rings. The van der Waals surface area contributed by atoms with Crippen LogP contribution < -0.4 is 10.6 Å². The number of nitrogens with one attached hydrogen (secondary N) is 2. The number of urea groups is 1. The van der Waals surface area contributed by atoms with E-state index in [2.05, 4.69) is 15.8 Å². The number of carbonyl (C=O) groups is 2. The van der Waals surface area contributed by atoms with Crippen LogP contribution in [0, 0.1) is 6.92 Å². The minimum Gasteiger partial charge on any atom is -0.386 e. The van der Waals surface area contributed by atoms with Crippen molar-refractivity contribution in [3.05, 3.63) is 60.2 Å².